The van der Waals surface area contributed by atoms with Crippen LogP contribution in [0.15, 0.2) is 24.3 Å². The molecule has 24 heavy (non-hydrogen) atoms. The summed E-state index contributed by atoms with van der Waals surface area (Å²) in [6, 6.07) is 9.45. The Balaban J connectivity index is 2.15. The molecular formula is C22H36P2. The van der Waals surface area contributed by atoms with Crippen LogP contribution in [-0.2, 0) is 0 Å². The summed E-state index contributed by atoms with van der Waals surface area (Å²) in [4.78, 5) is 0. The maximum atomic E-state index is 5.00. The Kier molecular flexibility index (Phi) is 5.50. The van der Waals surface area contributed by atoms with Crippen LogP contribution in [0.4, 0.5) is 0 Å². The molecule has 0 bridgehead atoms. The van der Waals surface area contributed by atoms with Crippen LogP contribution >= 0.6 is 14.5 Å². The zero-order chi connectivity index (χ0) is 17.5. The average molecular weight is 362 g/mol. The van der Waals surface area contributed by atoms with Crippen LogP contribution in [0.1, 0.15) is 66.2 Å². The smallest absolute Gasteiger partial charge is 0.104 e. The Bertz CT molecular complexity index is 508. The molecule has 0 amide bonds. The van der Waals surface area contributed by atoms with Crippen LogP contribution in [0.5, 0.6) is 0 Å². The zero-order valence-corrected chi connectivity index (χ0v) is 18.0. The van der Waals surface area contributed by atoms with E-state index in [-0.39, 0.29) is 0 Å². The first-order valence-corrected chi connectivity index (χ1v) is 14.1. The molecule has 1 aromatic rings. The van der Waals surface area contributed by atoms with Gasteiger partial charge in [-0.05, 0) is 78.4 Å². The van der Waals surface area contributed by atoms with E-state index < -0.39 is 14.5 Å². The second-order valence-electron chi connectivity index (χ2n) is 8.61. The first kappa shape index (κ1) is 18.9. The molecule has 2 unspecified atom stereocenters. The first-order chi connectivity index (χ1) is 11.3. The van der Waals surface area contributed by atoms with Crippen LogP contribution in [0, 0.1) is 13.3 Å². The van der Waals surface area contributed by atoms with E-state index in [1.54, 1.807) is 10.6 Å². The molecule has 2 aliphatic rings. The molecule has 2 aliphatic heterocycles. The zero-order valence-electron chi connectivity index (χ0n) is 16.2. The molecule has 2 saturated heterocycles. The Hall–Kier alpha value is 0.0800. The molecule has 3 rings (SSSR count). The van der Waals surface area contributed by atoms with E-state index in [1.807, 2.05) is 0 Å². The van der Waals surface area contributed by atoms with Crippen molar-refractivity contribution in [2.75, 3.05) is 0 Å². The lowest BCUT2D eigenvalue weighted by atomic mass is 10.1. The lowest BCUT2D eigenvalue weighted by Gasteiger charge is -2.50. The standard InChI is InChI=1S/C22H36P2/c1-17-11-9-12-18(2)23(17,5)21-15-7-8-16-22(21)24(6)19(3)13-10-14-20(24)4/h7-8,15-20H,5-6,9-14H2,1-4H3/t17-,18+,19-,20+,23?,24?. The molecule has 134 valence electrons. The van der Waals surface area contributed by atoms with Gasteiger partial charge in [0.1, 0.15) is 10.6 Å². The van der Waals surface area contributed by atoms with Crippen molar-refractivity contribution in [2.45, 2.75) is 88.9 Å². The summed E-state index contributed by atoms with van der Waals surface area (Å²) in [7, 11) is -2.72. The van der Waals surface area contributed by atoms with Gasteiger partial charge in [-0.1, -0.05) is 26.7 Å². The van der Waals surface area contributed by atoms with Gasteiger partial charge < -0.3 is 0 Å². The summed E-state index contributed by atoms with van der Waals surface area (Å²) >= 11 is 0. The van der Waals surface area contributed by atoms with E-state index >= 15 is 0 Å². The van der Waals surface area contributed by atoms with Crippen molar-refractivity contribution in [3.63, 3.8) is 0 Å². The van der Waals surface area contributed by atoms with E-state index in [9.17, 15) is 0 Å². The Labute approximate surface area is 151 Å². The summed E-state index contributed by atoms with van der Waals surface area (Å²) < 4.78 is 0. The Morgan fingerprint density at radius 1 is 0.667 bits per heavy atom. The summed E-state index contributed by atoms with van der Waals surface area (Å²) in [5, 5.41) is 3.32. The fraction of sp³-hybridized carbons (Fsp3) is 0.636. The normalized spacial score (nSPS) is 43.6. The van der Waals surface area contributed by atoms with Gasteiger partial charge in [-0.3, -0.25) is 0 Å². The Morgan fingerprint density at radius 2 is 0.958 bits per heavy atom. The van der Waals surface area contributed by atoms with Crippen molar-refractivity contribution in [3.05, 3.63) is 37.6 Å². The minimum Gasteiger partial charge on any atom is -0.174 e. The molecule has 0 aliphatic carbocycles. The van der Waals surface area contributed by atoms with Gasteiger partial charge in [0, 0.05) is 22.6 Å². The quantitative estimate of drug-likeness (QED) is 0.417. The van der Waals surface area contributed by atoms with Gasteiger partial charge in [0.2, 0.25) is 0 Å². The van der Waals surface area contributed by atoms with Crippen molar-refractivity contribution < 1.29 is 0 Å². The fourth-order valence-corrected chi connectivity index (χ4v) is 14.4. The van der Waals surface area contributed by atoms with Crippen molar-refractivity contribution >= 4 is 25.1 Å². The molecular weight excluding hydrogens is 326 g/mol. The number of hydrogen-bond acceptors (Lipinski definition) is 0. The van der Waals surface area contributed by atoms with Crippen LogP contribution < -0.4 is 10.6 Å². The third kappa shape index (κ3) is 2.81. The lowest BCUT2D eigenvalue weighted by molar-refractivity contribution is 0.620. The predicted molar refractivity (Wildman–Crippen MR) is 116 cm³/mol. The highest BCUT2D eigenvalue weighted by molar-refractivity contribution is 7.90. The van der Waals surface area contributed by atoms with E-state index in [1.165, 1.54) is 38.5 Å². The topological polar surface area (TPSA) is 0 Å². The van der Waals surface area contributed by atoms with E-state index in [4.69, 9.17) is 13.3 Å². The van der Waals surface area contributed by atoms with Gasteiger partial charge >= 0.3 is 0 Å². The summed E-state index contributed by atoms with van der Waals surface area (Å²) in [5.41, 5.74) is 3.07. The van der Waals surface area contributed by atoms with Gasteiger partial charge in [0.25, 0.3) is 0 Å². The molecule has 0 radical (unpaired) electrons. The summed E-state index contributed by atoms with van der Waals surface area (Å²) in [6.45, 7) is 19.9. The van der Waals surface area contributed by atoms with Crippen LogP contribution in [0.3, 0.4) is 0 Å². The molecule has 2 fully saturated rings. The molecule has 0 spiro atoms. The fourth-order valence-electron chi connectivity index (χ4n) is 5.33. The molecule has 2 heterocycles. The number of hydrogen-bond donors (Lipinski definition) is 0. The van der Waals surface area contributed by atoms with Crippen molar-refractivity contribution in [3.8, 4) is 0 Å². The summed E-state index contributed by atoms with van der Waals surface area (Å²) in [6.07, 6.45) is 8.24. The van der Waals surface area contributed by atoms with Crippen molar-refractivity contribution in [1.82, 2.24) is 0 Å². The SMILES string of the molecule is [CH2-][P+]1(c2ccccc2[P+]2([CH2-])[C@H](C)CCC[C@@H]2C)[C@H](C)CCC[C@@H]1C. The van der Waals surface area contributed by atoms with Gasteiger partial charge in [0.15, 0.2) is 0 Å². The molecule has 0 aromatic heterocycles. The second-order valence-corrected chi connectivity index (χ2v) is 16.8. The number of rotatable bonds is 2. The lowest BCUT2D eigenvalue weighted by Crippen LogP contribution is -2.42. The highest BCUT2D eigenvalue weighted by Gasteiger charge is 2.50. The minimum atomic E-state index is -1.36. The van der Waals surface area contributed by atoms with E-state index in [0.29, 0.717) is 0 Å². The molecule has 1 aromatic carbocycles. The third-order valence-corrected chi connectivity index (χ3v) is 17.5. The molecule has 6 atom stereocenters. The maximum Gasteiger partial charge on any atom is 0.104 e. The largest absolute Gasteiger partial charge is 0.174 e. The number of benzene rings is 1. The van der Waals surface area contributed by atoms with Crippen molar-refractivity contribution in [2.24, 2.45) is 0 Å². The second kappa shape index (κ2) is 7.00. The average Bonchev–Trinajstić information content (AvgIpc) is 2.57. The third-order valence-electron chi connectivity index (χ3n) is 7.41. The van der Waals surface area contributed by atoms with Crippen LogP contribution in [0.2, 0.25) is 0 Å². The first-order valence-electron chi connectivity index (χ1n) is 9.88. The minimum absolute atomic E-state index is 0.768. The van der Waals surface area contributed by atoms with Crippen LogP contribution in [-0.4, -0.2) is 22.6 Å². The molecule has 2 heteroatoms. The molecule has 0 N–H and O–H groups in total. The van der Waals surface area contributed by atoms with E-state index in [2.05, 4.69) is 52.0 Å². The van der Waals surface area contributed by atoms with Gasteiger partial charge in [-0.15, -0.1) is 0 Å². The molecule has 0 saturated carbocycles. The van der Waals surface area contributed by atoms with Gasteiger partial charge in [-0.25, -0.2) is 0 Å². The highest BCUT2D eigenvalue weighted by Crippen LogP contribution is 2.73. The maximum absolute atomic E-state index is 5.00. The van der Waals surface area contributed by atoms with E-state index in [0.717, 1.165) is 22.6 Å². The molecule has 0 nitrogen and oxygen atoms in total. The highest BCUT2D eigenvalue weighted by atomic mass is 31.2. The van der Waals surface area contributed by atoms with Gasteiger partial charge in [-0.2, -0.15) is 13.3 Å². The Morgan fingerprint density at radius 3 is 1.25 bits per heavy atom. The predicted octanol–water partition coefficient (Wildman–Crippen LogP) is 6.48. The summed E-state index contributed by atoms with van der Waals surface area (Å²) in [5.74, 6) is 0. The monoisotopic (exact) mass is 362 g/mol. The van der Waals surface area contributed by atoms with Crippen molar-refractivity contribution in [1.29, 1.82) is 0 Å². The van der Waals surface area contributed by atoms with Crippen LogP contribution in [0.25, 0.3) is 0 Å². The van der Waals surface area contributed by atoms with Gasteiger partial charge in [0.05, 0.1) is 0 Å².